The van der Waals surface area contributed by atoms with Crippen LogP contribution in [0.4, 0.5) is 0 Å². The molecule has 6 nitrogen and oxygen atoms in total. The van der Waals surface area contributed by atoms with E-state index in [-0.39, 0.29) is 23.4 Å². The van der Waals surface area contributed by atoms with Crippen LogP contribution in [0.5, 0.6) is 0 Å². The monoisotopic (exact) mass is 332 g/mol. The number of nitrogens with zero attached hydrogens (tertiary/aromatic N) is 1. The second-order valence-corrected chi connectivity index (χ2v) is 7.06. The number of rotatable bonds is 8. The van der Waals surface area contributed by atoms with Crippen LogP contribution >= 0.6 is 0 Å². The predicted molar refractivity (Wildman–Crippen MR) is 90.4 cm³/mol. The molecule has 2 rings (SSSR count). The molecule has 0 saturated carbocycles. The van der Waals surface area contributed by atoms with Gasteiger partial charge >= 0.3 is 5.91 Å². The first kappa shape index (κ1) is 18.1. The third-order valence-corrected chi connectivity index (χ3v) is 5.01. The minimum Gasteiger partial charge on any atom is -0.370 e. The molecular formula is C18H26N3O3+. The number of hydrogen-bond acceptors (Lipinski definition) is 3. The molecule has 6 heteroatoms. The molecule has 3 amide bonds. The summed E-state index contributed by atoms with van der Waals surface area (Å²) in [6.45, 7) is 0.485. The second-order valence-electron chi connectivity index (χ2n) is 7.06. The van der Waals surface area contributed by atoms with Crippen LogP contribution in [-0.2, 0) is 20.8 Å². The number of quaternary nitrogens is 1. The van der Waals surface area contributed by atoms with Crippen LogP contribution in [0.15, 0.2) is 30.3 Å². The highest BCUT2D eigenvalue weighted by Gasteiger charge is 2.56. The van der Waals surface area contributed by atoms with Gasteiger partial charge in [0.15, 0.2) is 6.54 Å². The van der Waals surface area contributed by atoms with E-state index in [2.05, 4.69) is 0 Å². The van der Waals surface area contributed by atoms with Gasteiger partial charge in [0, 0.05) is 12.8 Å². The number of likely N-dealkylation sites (N-methyl/N-ethyl adjacent to an activating group) is 1. The number of amides is 3. The smallest absolute Gasteiger partial charge is 0.320 e. The van der Waals surface area contributed by atoms with E-state index in [1.807, 2.05) is 30.3 Å². The van der Waals surface area contributed by atoms with Crippen molar-refractivity contribution in [1.82, 2.24) is 0 Å². The minimum atomic E-state index is -0.773. The highest BCUT2D eigenvalue weighted by Crippen LogP contribution is 2.42. The van der Waals surface area contributed by atoms with E-state index in [9.17, 15) is 14.4 Å². The van der Waals surface area contributed by atoms with Crippen molar-refractivity contribution in [3.63, 3.8) is 0 Å². The maximum absolute atomic E-state index is 13.0. The van der Waals surface area contributed by atoms with Crippen molar-refractivity contribution in [2.24, 2.45) is 16.9 Å². The maximum atomic E-state index is 13.0. The number of likely N-dealkylation sites (tertiary alicyclic amines) is 1. The molecule has 130 valence electrons. The first-order valence-corrected chi connectivity index (χ1v) is 8.28. The molecule has 1 saturated heterocycles. The van der Waals surface area contributed by atoms with Crippen LogP contribution in [-0.4, -0.2) is 42.3 Å². The Balaban J connectivity index is 2.11. The van der Waals surface area contributed by atoms with Gasteiger partial charge in [-0.3, -0.25) is 14.1 Å². The summed E-state index contributed by atoms with van der Waals surface area (Å²) in [5.41, 5.74) is 11.1. The molecule has 0 bridgehead atoms. The van der Waals surface area contributed by atoms with Crippen molar-refractivity contribution < 1.29 is 18.9 Å². The van der Waals surface area contributed by atoms with Crippen LogP contribution in [0.3, 0.4) is 0 Å². The molecule has 2 unspecified atom stereocenters. The molecule has 0 spiro atoms. The van der Waals surface area contributed by atoms with Gasteiger partial charge in [0.1, 0.15) is 0 Å². The van der Waals surface area contributed by atoms with E-state index in [0.717, 1.165) is 12.8 Å². The summed E-state index contributed by atoms with van der Waals surface area (Å²) in [5, 5.41) is 0. The highest BCUT2D eigenvalue weighted by molar-refractivity contribution is 5.87. The van der Waals surface area contributed by atoms with Gasteiger partial charge < -0.3 is 11.5 Å². The Morgan fingerprint density at radius 3 is 2.42 bits per heavy atom. The Kier molecular flexibility index (Phi) is 5.39. The highest BCUT2D eigenvalue weighted by atomic mass is 16.2. The van der Waals surface area contributed by atoms with Gasteiger partial charge in [-0.1, -0.05) is 30.3 Å². The second kappa shape index (κ2) is 7.13. The molecule has 4 N–H and O–H groups in total. The zero-order chi connectivity index (χ0) is 17.8. The average Bonchev–Trinajstić information content (AvgIpc) is 2.73. The lowest BCUT2D eigenvalue weighted by atomic mass is 9.77. The summed E-state index contributed by atoms with van der Waals surface area (Å²) in [6.07, 6.45) is 2.82. The number of primary amides is 2. The number of aryl methyl sites for hydroxylation is 1. The molecule has 1 heterocycles. The zero-order valence-corrected chi connectivity index (χ0v) is 14.2. The Bertz CT molecular complexity index is 632. The third kappa shape index (κ3) is 4.00. The molecule has 1 fully saturated rings. The maximum Gasteiger partial charge on any atom is 0.320 e. The van der Waals surface area contributed by atoms with Crippen molar-refractivity contribution in [3.8, 4) is 0 Å². The molecule has 2 atom stereocenters. The Hall–Kier alpha value is -2.21. The molecule has 1 aliphatic heterocycles. The van der Waals surface area contributed by atoms with Crippen LogP contribution < -0.4 is 11.5 Å². The van der Waals surface area contributed by atoms with E-state index in [4.69, 9.17) is 11.5 Å². The minimum absolute atomic E-state index is 0.0297. The largest absolute Gasteiger partial charge is 0.370 e. The van der Waals surface area contributed by atoms with Gasteiger partial charge in [0.05, 0.1) is 19.0 Å². The third-order valence-electron chi connectivity index (χ3n) is 5.01. The normalized spacial score (nSPS) is 26.5. The molecule has 0 aliphatic carbocycles. The van der Waals surface area contributed by atoms with Gasteiger partial charge in [0.2, 0.25) is 5.91 Å². The lowest BCUT2D eigenvalue weighted by Gasteiger charge is -2.29. The Labute approximate surface area is 142 Å². The first-order valence-electron chi connectivity index (χ1n) is 8.28. The van der Waals surface area contributed by atoms with Crippen molar-refractivity contribution in [2.45, 2.75) is 32.1 Å². The fraction of sp³-hybridized carbons (Fsp3) is 0.500. The zero-order valence-electron chi connectivity index (χ0n) is 14.2. The summed E-state index contributed by atoms with van der Waals surface area (Å²) in [4.78, 5) is 35.9. The quantitative estimate of drug-likeness (QED) is 0.686. The molecule has 24 heavy (non-hydrogen) atoms. The van der Waals surface area contributed by atoms with Gasteiger partial charge in [-0.15, -0.1) is 0 Å². The van der Waals surface area contributed by atoms with E-state index in [1.54, 1.807) is 7.05 Å². The lowest BCUT2D eigenvalue weighted by molar-refractivity contribution is -0.818. The first-order chi connectivity index (χ1) is 11.3. The number of carbonyl (C=O) groups is 3. The molecule has 1 aliphatic rings. The van der Waals surface area contributed by atoms with E-state index >= 15 is 0 Å². The van der Waals surface area contributed by atoms with Gasteiger partial charge in [-0.25, -0.2) is 4.79 Å². The molecule has 0 aromatic heterocycles. The topological polar surface area (TPSA) is 103 Å². The van der Waals surface area contributed by atoms with Gasteiger partial charge in [0.25, 0.3) is 5.91 Å². The van der Waals surface area contributed by atoms with Crippen molar-refractivity contribution in [2.75, 3.05) is 20.1 Å². The molecule has 1 aromatic carbocycles. The van der Waals surface area contributed by atoms with Crippen molar-refractivity contribution >= 4 is 17.7 Å². The van der Waals surface area contributed by atoms with Crippen LogP contribution in [0.1, 0.15) is 31.2 Å². The standard InChI is InChI=1S/C18H25N3O3/c1-21(13-16(20)23)11-10-18(17(21)24,12-15(19)22)9-5-8-14-6-3-2-4-7-14/h2-4,6-7H,5,8-13H2,1H3,(H3-,19,20,22,23)/p+1. The number of hydrogen-bond donors (Lipinski definition) is 2. The van der Waals surface area contributed by atoms with Crippen LogP contribution in [0, 0.1) is 5.41 Å². The number of nitrogens with two attached hydrogens (primary N) is 2. The van der Waals surface area contributed by atoms with E-state index in [0.29, 0.717) is 19.4 Å². The summed E-state index contributed by atoms with van der Waals surface area (Å²) in [6, 6.07) is 10.0. The predicted octanol–water partition coefficient (Wildman–Crippen LogP) is 0.733. The molecule has 0 radical (unpaired) electrons. The van der Waals surface area contributed by atoms with Crippen LogP contribution in [0.25, 0.3) is 0 Å². The Morgan fingerprint density at radius 2 is 1.83 bits per heavy atom. The summed E-state index contributed by atoms with van der Waals surface area (Å²) in [5.74, 6) is -1.08. The van der Waals surface area contributed by atoms with Gasteiger partial charge in [-0.2, -0.15) is 0 Å². The average molecular weight is 332 g/mol. The van der Waals surface area contributed by atoms with Crippen LogP contribution in [0.2, 0.25) is 0 Å². The molecular weight excluding hydrogens is 306 g/mol. The van der Waals surface area contributed by atoms with Crippen molar-refractivity contribution in [3.05, 3.63) is 35.9 Å². The Morgan fingerprint density at radius 1 is 1.17 bits per heavy atom. The summed E-state index contributed by atoms with van der Waals surface area (Å²) in [7, 11) is 1.72. The number of carbonyl (C=O) groups excluding carboxylic acids is 3. The fourth-order valence-electron chi connectivity index (χ4n) is 3.83. The van der Waals surface area contributed by atoms with E-state index in [1.165, 1.54) is 5.56 Å². The SMILES string of the molecule is C[N+]1(CC(N)=O)CCC(CCCc2ccccc2)(CC(N)=O)C1=O. The van der Waals surface area contributed by atoms with Gasteiger partial charge in [-0.05, 0) is 24.8 Å². The lowest BCUT2D eigenvalue weighted by Crippen LogP contribution is -2.53. The van der Waals surface area contributed by atoms with E-state index < -0.39 is 17.2 Å². The molecule has 1 aromatic rings. The fourth-order valence-corrected chi connectivity index (χ4v) is 3.83. The number of benzene rings is 1. The summed E-state index contributed by atoms with van der Waals surface area (Å²) < 4.78 is -0.0338. The summed E-state index contributed by atoms with van der Waals surface area (Å²) >= 11 is 0. The van der Waals surface area contributed by atoms with Crippen molar-refractivity contribution in [1.29, 1.82) is 0 Å².